The van der Waals surface area contributed by atoms with Gasteiger partial charge in [0.1, 0.15) is 0 Å². The van der Waals surface area contributed by atoms with E-state index >= 15 is 0 Å². The van der Waals surface area contributed by atoms with Crippen LogP contribution in [0.2, 0.25) is 0 Å². The SMILES string of the molecule is CO[C@H](C)CS(=O)(=O)N1CCc2cc(Br)ccc2C1. The van der Waals surface area contributed by atoms with E-state index in [4.69, 9.17) is 4.74 Å². The van der Waals surface area contributed by atoms with Crippen LogP contribution in [-0.2, 0) is 27.7 Å². The van der Waals surface area contributed by atoms with Crippen molar-refractivity contribution in [2.24, 2.45) is 0 Å². The molecule has 1 aromatic rings. The summed E-state index contributed by atoms with van der Waals surface area (Å²) in [5.74, 6) is 0.0371. The zero-order chi connectivity index (χ0) is 14.0. The van der Waals surface area contributed by atoms with Gasteiger partial charge in [-0.1, -0.05) is 22.0 Å². The average Bonchev–Trinajstić information content (AvgIpc) is 2.37. The summed E-state index contributed by atoms with van der Waals surface area (Å²) in [6.45, 7) is 2.77. The standard InChI is InChI=1S/C13H18BrNO3S/c1-10(18-2)9-19(16,17)15-6-5-11-7-13(14)4-3-12(11)8-15/h3-4,7,10H,5-6,8-9H2,1-2H3/t10-/m1/s1. The predicted molar refractivity (Wildman–Crippen MR) is 78.5 cm³/mol. The lowest BCUT2D eigenvalue weighted by Gasteiger charge is -2.29. The molecule has 106 valence electrons. The van der Waals surface area contributed by atoms with E-state index < -0.39 is 10.0 Å². The molecule has 0 aromatic heterocycles. The van der Waals surface area contributed by atoms with Gasteiger partial charge in [0.2, 0.25) is 10.0 Å². The fourth-order valence-corrected chi connectivity index (χ4v) is 4.26. The van der Waals surface area contributed by atoms with E-state index in [0.717, 1.165) is 16.5 Å². The van der Waals surface area contributed by atoms with Gasteiger partial charge in [-0.25, -0.2) is 8.42 Å². The van der Waals surface area contributed by atoms with Gasteiger partial charge in [0, 0.05) is 24.7 Å². The highest BCUT2D eigenvalue weighted by Crippen LogP contribution is 2.24. The van der Waals surface area contributed by atoms with Crippen LogP contribution in [0.25, 0.3) is 0 Å². The first-order valence-corrected chi connectivity index (χ1v) is 8.60. The monoisotopic (exact) mass is 347 g/mol. The summed E-state index contributed by atoms with van der Waals surface area (Å²) >= 11 is 3.44. The van der Waals surface area contributed by atoms with Crippen LogP contribution in [0, 0.1) is 0 Å². The van der Waals surface area contributed by atoms with E-state index in [1.807, 2.05) is 12.1 Å². The Morgan fingerprint density at radius 1 is 1.42 bits per heavy atom. The summed E-state index contributed by atoms with van der Waals surface area (Å²) in [4.78, 5) is 0. The maximum absolute atomic E-state index is 12.3. The van der Waals surface area contributed by atoms with Crippen LogP contribution in [0.15, 0.2) is 22.7 Å². The number of ether oxygens (including phenoxy) is 1. The van der Waals surface area contributed by atoms with Crippen LogP contribution in [-0.4, -0.2) is 38.2 Å². The quantitative estimate of drug-likeness (QED) is 0.838. The first kappa shape index (κ1) is 15.0. The maximum atomic E-state index is 12.3. The summed E-state index contributed by atoms with van der Waals surface area (Å²) in [6.07, 6.45) is 0.478. The van der Waals surface area contributed by atoms with E-state index in [9.17, 15) is 8.42 Å². The predicted octanol–water partition coefficient (Wildman–Crippen LogP) is 2.17. The Labute approximate surface area is 122 Å². The number of sulfonamides is 1. The normalized spacial score (nSPS) is 18.1. The van der Waals surface area contributed by atoms with Gasteiger partial charge in [-0.05, 0) is 36.6 Å². The van der Waals surface area contributed by atoms with Crippen LogP contribution in [0.1, 0.15) is 18.1 Å². The zero-order valence-electron chi connectivity index (χ0n) is 11.1. The highest BCUT2D eigenvalue weighted by molar-refractivity contribution is 9.10. The van der Waals surface area contributed by atoms with Crippen LogP contribution in [0.5, 0.6) is 0 Å². The topological polar surface area (TPSA) is 46.6 Å². The van der Waals surface area contributed by atoms with E-state index in [-0.39, 0.29) is 11.9 Å². The number of nitrogens with zero attached hydrogens (tertiary/aromatic N) is 1. The van der Waals surface area contributed by atoms with Crippen molar-refractivity contribution in [3.05, 3.63) is 33.8 Å². The third kappa shape index (κ3) is 3.56. The Hall–Kier alpha value is -0.430. The minimum atomic E-state index is -3.25. The molecule has 0 spiro atoms. The first-order chi connectivity index (χ1) is 8.92. The Balaban J connectivity index is 2.15. The van der Waals surface area contributed by atoms with E-state index in [1.165, 1.54) is 12.7 Å². The molecule has 1 aliphatic heterocycles. The van der Waals surface area contributed by atoms with Gasteiger partial charge in [-0.2, -0.15) is 4.31 Å². The number of rotatable bonds is 4. The fourth-order valence-electron chi connectivity index (χ4n) is 2.20. The molecular weight excluding hydrogens is 330 g/mol. The van der Waals surface area contributed by atoms with Crippen LogP contribution in [0.4, 0.5) is 0 Å². The molecule has 0 bridgehead atoms. The van der Waals surface area contributed by atoms with Crippen LogP contribution >= 0.6 is 15.9 Å². The Morgan fingerprint density at radius 2 is 2.16 bits per heavy atom. The molecule has 0 unspecified atom stereocenters. The zero-order valence-corrected chi connectivity index (χ0v) is 13.5. The summed E-state index contributed by atoms with van der Waals surface area (Å²) in [6, 6.07) is 6.00. The summed E-state index contributed by atoms with van der Waals surface area (Å²) in [5, 5.41) is 0. The lowest BCUT2D eigenvalue weighted by molar-refractivity contribution is 0.135. The van der Waals surface area contributed by atoms with Crippen molar-refractivity contribution in [1.29, 1.82) is 0 Å². The molecule has 0 fully saturated rings. The lowest BCUT2D eigenvalue weighted by atomic mass is 10.0. The van der Waals surface area contributed by atoms with Crippen LogP contribution < -0.4 is 0 Å². The Bertz CT molecular complexity index is 559. The van der Waals surface area contributed by atoms with Gasteiger partial charge in [0.25, 0.3) is 0 Å². The molecule has 0 aliphatic carbocycles. The smallest absolute Gasteiger partial charge is 0.216 e. The molecule has 0 N–H and O–H groups in total. The maximum Gasteiger partial charge on any atom is 0.216 e. The van der Waals surface area contributed by atoms with Gasteiger partial charge >= 0.3 is 0 Å². The number of halogens is 1. The van der Waals surface area contributed by atoms with E-state index in [0.29, 0.717) is 13.1 Å². The molecule has 0 radical (unpaired) electrons. The Kier molecular flexibility index (Phi) is 4.66. The molecule has 19 heavy (non-hydrogen) atoms. The molecule has 1 aliphatic rings. The number of fused-ring (bicyclic) bond motifs is 1. The highest BCUT2D eigenvalue weighted by Gasteiger charge is 2.28. The third-order valence-electron chi connectivity index (χ3n) is 3.39. The van der Waals surface area contributed by atoms with E-state index in [2.05, 4.69) is 22.0 Å². The molecule has 1 heterocycles. The summed E-state index contributed by atoms with van der Waals surface area (Å²) in [5.41, 5.74) is 2.31. The second-order valence-electron chi connectivity index (χ2n) is 4.82. The van der Waals surface area contributed by atoms with Crippen molar-refractivity contribution in [3.8, 4) is 0 Å². The van der Waals surface area contributed by atoms with Crippen molar-refractivity contribution in [3.63, 3.8) is 0 Å². The van der Waals surface area contributed by atoms with Crippen molar-refractivity contribution in [1.82, 2.24) is 4.31 Å². The van der Waals surface area contributed by atoms with Gasteiger partial charge < -0.3 is 4.74 Å². The highest BCUT2D eigenvalue weighted by atomic mass is 79.9. The number of benzene rings is 1. The van der Waals surface area contributed by atoms with Crippen molar-refractivity contribution >= 4 is 26.0 Å². The number of hydrogen-bond donors (Lipinski definition) is 0. The molecular formula is C13H18BrNO3S. The van der Waals surface area contributed by atoms with Crippen LogP contribution in [0.3, 0.4) is 0 Å². The second kappa shape index (κ2) is 5.91. The van der Waals surface area contributed by atoms with Crippen molar-refractivity contribution in [2.75, 3.05) is 19.4 Å². The molecule has 6 heteroatoms. The minimum absolute atomic E-state index is 0.0371. The van der Waals surface area contributed by atoms with Gasteiger partial charge in [-0.3, -0.25) is 0 Å². The average molecular weight is 348 g/mol. The van der Waals surface area contributed by atoms with Crippen molar-refractivity contribution < 1.29 is 13.2 Å². The molecule has 0 amide bonds. The lowest BCUT2D eigenvalue weighted by Crippen LogP contribution is -2.39. The molecule has 1 aromatic carbocycles. The van der Waals surface area contributed by atoms with Gasteiger partial charge in [0.15, 0.2) is 0 Å². The van der Waals surface area contributed by atoms with E-state index in [1.54, 1.807) is 11.2 Å². The second-order valence-corrected chi connectivity index (χ2v) is 7.75. The molecule has 1 atom stereocenters. The Morgan fingerprint density at radius 3 is 2.84 bits per heavy atom. The summed E-state index contributed by atoms with van der Waals surface area (Å²) in [7, 11) is -1.72. The molecule has 2 rings (SSSR count). The minimum Gasteiger partial charge on any atom is -0.381 e. The van der Waals surface area contributed by atoms with Gasteiger partial charge in [0.05, 0.1) is 11.9 Å². The molecule has 4 nitrogen and oxygen atoms in total. The summed E-state index contributed by atoms with van der Waals surface area (Å²) < 4.78 is 32.2. The largest absolute Gasteiger partial charge is 0.381 e. The molecule has 0 saturated heterocycles. The first-order valence-electron chi connectivity index (χ1n) is 6.20. The number of hydrogen-bond acceptors (Lipinski definition) is 3. The number of methoxy groups -OCH3 is 1. The molecule has 0 saturated carbocycles. The van der Waals surface area contributed by atoms with Gasteiger partial charge in [-0.15, -0.1) is 0 Å². The third-order valence-corrected chi connectivity index (χ3v) is 5.87. The fraction of sp³-hybridized carbons (Fsp3) is 0.538. The van der Waals surface area contributed by atoms with Crippen molar-refractivity contribution in [2.45, 2.75) is 26.0 Å².